The number of hydrogen-bond acceptors (Lipinski definition) is 4. The molecule has 1 unspecified atom stereocenters. The van der Waals surface area contributed by atoms with E-state index >= 15 is 0 Å². The Labute approximate surface area is 94.5 Å². The van der Waals surface area contributed by atoms with Crippen molar-refractivity contribution in [3.63, 3.8) is 0 Å². The summed E-state index contributed by atoms with van der Waals surface area (Å²) in [5.41, 5.74) is 0.0463. The molecule has 1 atom stereocenters. The summed E-state index contributed by atoms with van der Waals surface area (Å²) < 4.78 is 16.1. The Morgan fingerprint density at radius 1 is 1.20 bits per heavy atom. The Balaban J connectivity index is 4.53. The van der Waals surface area contributed by atoms with Crippen LogP contribution in [0.1, 0.15) is 40.5 Å². The van der Waals surface area contributed by atoms with Gasteiger partial charge in [-0.3, -0.25) is 5.40 Å². The SMILES string of the molecule is CCCC(O[Si](N)(OC)OC)C(C)(C)C. The summed E-state index contributed by atoms with van der Waals surface area (Å²) in [5.74, 6) is 0. The van der Waals surface area contributed by atoms with Crippen molar-refractivity contribution in [2.75, 3.05) is 14.2 Å². The van der Waals surface area contributed by atoms with Crippen molar-refractivity contribution in [2.45, 2.75) is 46.6 Å². The van der Waals surface area contributed by atoms with Crippen molar-refractivity contribution in [2.24, 2.45) is 10.8 Å². The molecule has 0 aromatic rings. The lowest BCUT2D eigenvalue weighted by Gasteiger charge is -2.35. The van der Waals surface area contributed by atoms with Crippen LogP contribution in [-0.4, -0.2) is 29.3 Å². The molecule has 5 heteroatoms. The summed E-state index contributed by atoms with van der Waals surface area (Å²) in [6.07, 6.45) is 2.08. The summed E-state index contributed by atoms with van der Waals surface area (Å²) in [5, 5.41) is 5.90. The summed E-state index contributed by atoms with van der Waals surface area (Å²) in [7, 11) is 0.151. The second kappa shape index (κ2) is 5.96. The normalized spacial score (nSPS) is 15.4. The fourth-order valence-corrected chi connectivity index (χ4v) is 2.54. The van der Waals surface area contributed by atoms with Crippen LogP contribution < -0.4 is 5.40 Å². The Kier molecular flexibility index (Phi) is 5.98. The van der Waals surface area contributed by atoms with Crippen molar-refractivity contribution in [1.29, 1.82) is 0 Å². The predicted molar refractivity (Wildman–Crippen MR) is 63.2 cm³/mol. The maximum atomic E-state index is 5.90. The van der Waals surface area contributed by atoms with Crippen molar-refractivity contribution in [3.8, 4) is 0 Å². The average molecular weight is 235 g/mol. The van der Waals surface area contributed by atoms with Gasteiger partial charge in [0.1, 0.15) is 0 Å². The van der Waals surface area contributed by atoms with Crippen LogP contribution in [-0.2, 0) is 13.3 Å². The number of hydrogen-bond donors (Lipinski definition) is 1. The summed E-state index contributed by atoms with van der Waals surface area (Å²) in [6.45, 7) is 8.52. The molecular formula is C10H25NO3Si. The molecule has 0 saturated heterocycles. The largest absolute Gasteiger partial charge is 0.593 e. The fraction of sp³-hybridized carbons (Fsp3) is 1.00. The van der Waals surface area contributed by atoms with E-state index in [9.17, 15) is 0 Å². The molecule has 0 fully saturated rings. The van der Waals surface area contributed by atoms with Gasteiger partial charge in [0.2, 0.25) is 0 Å². The Morgan fingerprint density at radius 3 is 1.93 bits per heavy atom. The first kappa shape index (κ1) is 15.1. The van der Waals surface area contributed by atoms with Crippen LogP contribution in [0.3, 0.4) is 0 Å². The molecule has 0 rings (SSSR count). The smallest absolute Gasteiger partial charge is 0.365 e. The van der Waals surface area contributed by atoms with Gasteiger partial charge in [-0.05, 0) is 11.8 Å². The quantitative estimate of drug-likeness (QED) is 0.715. The van der Waals surface area contributed by atoms with E-state index in [0.717, 1.165) is 12.8 Å². The van der Waals surface area contributed by atoms with E-state index < -0.39 is 8.97 Å². The molecule has 0 aromatic heterocycles. The van der Waals surface area contributed by atoms with E-state index in [-0.39, 0.29) is 11.5 Å². The van der Waals surface area contributed by atoms with Gasteiger partial charge in [-0.25, -0.2) is 0 Å². The minimum absolute atomic E-state index is 0.0463. The number of nitrogens with two attached hydrogens (primary N) is 1. The highest BCUT2D eigenvalue weighted by Gasteiger charge is 2.40. The zero-order chi connectivity index (χ0) is 12.1. The molecule has 0 amide bonds. The molecule has 0 saturated carbocycles. The fourth-order valence-electron chi connectivity index (χ4n) is 1.31. The van der Waals surface area contributed by atoms with E-state index in [4.69, 9.17) is 18.7 Å². The maximum Gasteiger partial charge on any atom is 0.593 e. The summed E-state index contributed by atoms with van der Waals surface area (Å²) >= 11 is 0. The average Bonchev–Trinajstić information content (AvgIpc) is 2.15. The maximum absolute atomic E-state index is 5.90. The summed E-state index contributed by atoms with van der Waals surface area (Å²) in [6, 6.07) is 0. The standard InChI is InChI=1S/C10H25NO3Si/c1-7-8-9(10(2,3)4)14-15(11,12-5)13-6/h9H,7-8,11H2,1-6H3. The second-order valence-corrected chi connectivity index (χ2v) is 7.03. The van der Waals surface area contributed by atoms with Crippen molar-refractivity contribution < 1.29 is 13.3 Å². The first-order chi connectivity index (χ1) is 6.79. The van der Waals surface area contributed by atoms with E-state index in [0.29, 0.717) is 0 Å². The summed E-state index contributed by atoms with van der Waals surface area (Å²) in [4.78, 5) is 0. The molecule has 15 heavy (non-hydrogen) atoms. The Morgan fingerprint density at radius 2 is 1.67 bits per heavy atom. The minimum Gasteiger partial charge on any atom is -0.365 e. The highest BCUT2D eigenvalue weighted by molar-refractivity contribution is 6.56. The topological polar surface area (TPSA) is 53.7 Å². The monoisotopic (exact) mass is 235 g/mol. The second-order valence-electron chi connectivity index (χ2n) is 4.77. The van der Waals surface area contributed by atoms with E-state index in [2.05, 4.69) is 27.7 Å². The highest BCUT2D eigenvalue weighted by Crippen LogP contribution is 2.27. The first-order valence-corrected chi connectivity index (χ1v) is 7.16. The molecule has 0 bridgehead atoms. The van der Waals surface area contributed by atoms with Crippen molar-refractivity contribution >= 4 is 8.97 Å². The van der Waals surface area contributed by atoms with Gasteiger partial charge < -0.3 is 13.3 Å². The Bertz CT molecular complexity index is 178. The van der Waals surface area contributed by atoms with E-state index in [1.165, 1.54) is 14.2 Å². The Hall–Kier alpha value is 0.0569. The zero-order valence-electron chi connectivity index (χ0n) is 10.8. The molecule has 2 N–H and O–H groups in total. The third-order valence-electron chi connectivity index (χ3n) is 2.39. The van der Waals surface area contributed by atoms with E-state index in [1.807, 2.05) is 0 Å². The third kappa shape index (κ3) is 5.08. The molecule has 0 aliphatic heterocycles. The highest BCUT2D eigenvalue weighted by atomic mass is 28.4. The van der Waals surface area contributed by atoms with Gasteiger partial charge >= 0.3 is 8.97 Å². The van der Waals surface area contributed by atoms with Crippen molar-refractivity contribution in [1.82, 2.24) is 0 Å². The molecule has 4 nitrogen and oxygen atoms in total. The van der Waals surface area contributed by atoms with Gasteiger partial charge in [0.05, 0.1) is 6.10 Å². The van der Waals surface area contributed by atoms with Crippen LogP contribution in [0.15, 0.2) is 0 Å². The molecule has 0 aliphatic carbocycles. The molecule has 0 spiro atoms. The van der Waals surface area contributed by atoms with Crippen molar-refractivity contribution in [3.05, 3.63) is 0 Å². The molecule has 0 aliphatic rings. The first-order valence-electron chi connectivity index (χ1n) is 5.36. The van der Waals surface area contributed by atoms with Crippen LogP contribution >= 0.6 is 0 Å². The van der Waals surface area contributed by atoms with Gasteiger partial charge in [0.25, 0.3) is 0 Å². The molecular weight excluding hydrogens is 210 g/mol. The molecule has 0 heterocycles. The zero-order valence-corrected chi connectivity index (χ0v) is 11.8. The lowest BCUT2D eigenvalue weighted by atomic mass is 9.87. The lowest BCUT2D eigenvalue weighted by Crippen LogP contribution is -2.57. The van der Waals surface area contributed by atoms with Crippen LogP contribution in [0.5, 0.6) is 0 Å². The van der Waals surface area contributed by atoms with Gasteiger partial charge in [0.15, 0.2) is 0 Å². The molecule has 0 radical (unpaired) electrons. The lowest BCUT2D eigenvalue weighted by molar-refractivity contribution is -0.00181. The van der Waals surface area contributed by atoms with Crippen LogP contribution in [0.4, 0.5) is 0 Å². The van der Waals surface area contributed by atoms with Gasteiger partial charge in [-0.2, -0.15) is 0 Å². The van der Waals surface area contributed by atoms with Gasteiger partial charge in [0, 0.05) is 14.2 Å². The van der Waals surface area contributed by atoms with Gasteiger partial charge in [-0.15, -0.1) is 0 Å². The van der Waals surface area contributed by atoms with E-state index in [1.54, 1.807) is 0 Å². The van der Waals surface area contributed by atoms with Gasteiger partial charge in [-0.1, -0.05) is 34.1 Å². The predicted octanol–water partition coefficient (Wildman–Crippen LogP) is 1.90. The molecule has 92 valence electrons. The minimum atomic E-state index is -2.91. The van der Waals surface area contributed by atoms with Crippen LogP contribution in [0.25, 0.3) is 0 Å². The van der Waals surface area contributed by atoms with Crippen LogP contribution in [0.2, 0.25) is 0 Å². The molecule has 0 aromatic carbocycles. The van der Waals surface area contributed by atoms with Crippen LogP contribution in [0, 0.1) is 5.41 Å². The third-order valence-corrected chi connectivity index (χ3v) is 4.14. The number of rotatable bonds is 6.